The Bertz CT molecular complexity index is 376. The standard InChI is InChI=1S/C16H29N3O2/c1-19(10-12-6-8-21-9-7-12)11-16(15(17)20,13-2-3-13)18-14-4-5-14/h12-14,18H,2-11H2,1H3,(H2,17,20). The summed E-state index contributed by atoms with van der Waals surface area (Å²) in [5.74, 6) is 0.970. The molecule has 2 saturated carbocycles. The third-order valence-electron chi connectivity index (χ3n) is 5.18. The Morgan fingerprint density at radius 2 is 1.90 bits per heavy atom. The van der Waals surface area contributed by atoms with Gasteiger partial charge in [0.15, 0.2) is 0 Å². The van der Waals surface area contributed by atoms with Crippen LogP contribution < -0.4 is 11.1 Å². The number of nitrogens with two attached hydrogens (primary N) is 1. The summed E-state index contributed by atoms with van der Waals surface area (Å²) in [4.78, 5) is 14.5. The minimum atomic E-state index is -0.499. The number of carbonyl (C=O) groups is 1. The predicted octanol–water partition coefficient (Wildman–Crippen LogP) is 0.731. The van der Waals surface area contributed by atoms with Crippen LogP contribution in [0.4, 0.5) is 0 Å². The lowest BCUT2D eigenvalue weighted by Gasteiger charge is -2.37. The number of hydrogen-bond acceptors (Lipinski definition) is 4. The van der Waals surface area contributed by atoms with Gasteiger partial charge in [0.25, 0.3) is 0 Å². The largest absolute Gasteiger partial charge is 0.381 e. The first kappa shape index (κ1) is 15.3. The van der Waals surface area contributed by atoms with E-state index in [0.717, 1.165) is 52.0 Å². The van der Waals surface area contributed by atoms with Crippen LogP contribution in [0.1, 0.15) is 38.5 Å². The van der Waals surface area contributed by atoms with E-state index in [1.807, 2.05) is 0 Å². The molecule has 0 spiro atoms. The fourth-order valence-corrected chi connectivity index (χ4v) is 3.67. The molecule has 0 bridgehead atoms. The van der Waals surface area contributed by atoms with Crippen molar-refractivity contribution in [1.82, 2.24) is 10.2 Å². The maximum Gasteiger partial charge on any atom is 0.239 e. The molecule has 1 aliphatic heterocycles. The molecule has 5 nitrogen and oxygen atoms in total. The van der Waals surface area contributed by atoms with Crippen molar-refractivity contribution in [1.29, 1.82) is 0 Å². The summed E-state index contributed by atoms with van der Waals surface area (Å²) in [6, 6.07) is 0.509. The smallest absolute Gasteiger partial charge is 0.239 e. The molecular formula is C16H29N3O2. The number of ether oxygens (including phenoxy) is 1. The fraction of sp³-hybridized carbons (Fsp3) is 0.938. The topological polar surface area (TPSA) is 67.6 Å². The van der Waals surface area contributed by atoms with Crippen LogP contribution >= 0.6 is 0 Å². The zero-order chi connectivity index (χ0) is 14.9. The third-order valence-corrected chi connectivity index (χ3v) is 5.18. The number of nitrogens with zero attached hydrogens (tertiary/aromatic N) is 1. The highest BCUT2D eigenvalue weighted by molar-refractivity contribution is 5.86. The van der Waals surface area contributed by atoms with Gasteiger partial charge in [-0.2, -0.15) is 0 Å². The Hall–Kier alpha value is -0.650. The van der Waals surface area contributed by atoms with E-state index in [4.69, 9.17) is 10.5 Å². The van der Waals surface area contributed by atoms with Gasteiger partial charge in [0.2, 0.25) is 5.91 Å². The van der Waals surface area contributed by atoms with Crippen molar-refractivity contribution >= 4 is 5.91 Å². The Morgan fingerprint density at radius 3 is 2.43 bits per heavy atom. The summed E-state index contributed by atoms with van der Waals surface area (Å²) in [6.07, 6.45) is 6.90. The summed E-state index contributed by atoms with van der Waals surface area (Å²) < 4.78 is 5.42. The first-order valence-corrected chi connectivity index (χ1v) is 8.44. The first-order chi connectivity index (χ1) is 10.1. The van der Waals surface area contributed by atoms with E-state index in [1.54, 1.807) is 0 Å². The van der Waals surface area contributed by atoms with E-state index in [-0.39, 0.29) is 5.91 Å². The van der Waals surface area contributed by atoms with Crippen LogP contribution in [0.2, 0.25) is 0 Å². The molecule has 3 N–H and O–H groups in total. The molecule has 1 saturated heterocycles. The van der Waals surface area contributed by atoms with Gasteiger partial charge in [-0.3, -0.25) is 10.1 Å². The molecule has 3 fully saturated rings. The van der Waals surface area contributed by atoms with E-state index < -0.39 is 5.54 Å². The van der Waals surface area contributed by atoms with E-state index in [0.29, 0.717) is 17.9 Å². The van der Waals surface area contributed by atoms with Crippen LogP contribution in [0.3, 0.4) is 0 Å². The van der Waals surface area contributed by atoms with Crippen LogP contribution in [0.15, 0.2) is 0 Å². The number of nitrogens with one attached hydrogen (secondary N) is 1. The number of hydrogen-bond donors (Lipinski definition) is 2. The molecule has 0 aromatic heterocycles. The molecule has 3 rings (SSSR count). The molecular weight excluding hydrogens is 266 g/mol. The minimum absolute atomic E-state index is 0.157. The molecule has 1 amide bonds. The quantitative estimate of drug-likeness (QED) is 0.693. The first-order valence-electron chi connectivity index (χ1n) is 8.44. The number of carbonyl (C=O) groups excluding carboxylic acids is 1. The number of primary amides is 1. The maximum atomic E-state index is 12.2. The van der Waals surface area contributed by atoms with Crippen LogP contribution in [0.5, 0.6) is 0 Å². The van der Waals surface area contributed by atoms with Crippen molar-refractivity contribution < 1.29 is 9.53 Å². The summed E-state index contributed by atoms with van der Waals surface area (Å²) in [6.45, 7) is 3.54. The summed E-state index contributed by atoms with van der Waals surface area (Å²) in [5, 5.41) is 3.59. The van der Waals surface area contributed by atoms with Crippen molar-refractivity contribution in [2.45, 2.75) is 50.1 Å². The van der Waals surface area contributed by atoms with Crippen LogP contribution in [-0.2, 0) is 9.53 Å². The second-order valence-corrected chi connectivity index (χ2v) is 7.28. The Morgan fingerprint density at radius 1 is 1.24 bits per heavy atom. The van der Waals surface area contributed by atoms with Gasteiger partial charge in [0, 0.05) is 32.3 Å². The van der Waals surface area contributed by atoms with Gasteiger partial charge in [0.05, 0.1) is 0 Å². The number of rotatable bonds is 8. The molecule has 120 valence electrons. The molecule has 5 heteroatoms. The zero-order valence-corrected chi connectivity index (χ0v) is 13.1. The Labute approximate surface area is 127 Å². The lowest BCUT2D eigenvalue weighted by atomic mass is 9.90. The average Bonchev–Trinajstić information content (AvgIpc) is 3.32. The van der Waals surface area contributed by atoms with Crippen LogP contribution in [0, 0.1) is 11.8 Å². The summed E-state index contributed by atoms with van der Waals surface area (Å²) in [7, 11) is 2.13. The highest BCUT2D eigenvalue weighted by atomic mass is 16.5. The predicted molar refractivity (Wildman–Crippen MR) is 81.8 cm³/mol. The minimum Gasteiger partial charge on any atom is -0.381 e. The van der Waals surface area contributed by atoms with Gasteiger partial charge in [-0.25, -0.2) is 0 Å². The van der Waals surface area contributed by atoms with E-state index >= 15 is 0 Å². The lowest BCUT2D eigenvalue weighted by Crippen LogP contribution is -2.63. The summed E-state index contributed by atoms with van der Waals surface area (Å²) >= 11 is 0. The van der Waals surface area contributed by atoms with Crippen molar-refractivity contribution in [3.63, 3.8) is 0 Å². The highest BCUT2D eigenvalue weighted by Gasteiger charge is 2.52. The van der Waals surface area contributed by atoms with Crippen LogP contribution in [-0.4, -0.2) is 55.7 Å². The molecule has 0 aromatic rings. The highest BCUT2D eigenvalue weighted by Crippen LogP contribution is 2.42. The van der Waals surface area contributed by atoms with Gasteiger partial charge < -0.3 is 15.4 Å². The van der Waals surface area contributed by atoms with Gasteiger partial charge >= 0.3 is 0 Å². The van der Waals surface area contributed by atoms with Crippen molar-refractivity contribution in [2.24, 2.45) is 17.6 Å². The second-order valence-electron chi connectivity index (χ2n) is 7.28. The molecule has 0 radical (unpaired) electrons. The zero-order valence-electron chi connectivity index (χ0n) is 13.1. The van der Waals surface area contributed by atoms with Gasteiger partial charge in [-0.1, -0.05) is 0 Å². The molecule has 2 aliphatic carbocycles. The van der Waals surface area contributed by atoms with E-state index in [9.17, 15) is 4.79 Å². The average molecular weight is 295 g/mol. The number of amides is 1. The molecule has 0 aromatic carbocycles. The normalized spacial score (nSPS) is 26.8. The monoisotopic (exact) mass is 295 g/mol. The van der Waals surface area contributed by atoms with Crippen LogP contribution in [0.25, 0.3) is 0 Å². The van der Waals surface area contributed by atoms with Gasteiger partial charge in [0.1, 0.15) is 5.54 Å². The van der Waals surface area contributed by atoms with Crippen molar-refractivity contribution in [3.05, 3.63) is 0 Å². The number of likely N-dealkylation sites (N-methyl/N-ethyl adjacent to an activating group) is 1. The SMILES string of the molecule is CN(CC1CCOCC1)CC(NC1CC1)(C(N)=O)C1CC1. The maximum absolute atomic E-state index is 12.2. The molecule has 21 heavy (non-hydrogen) atoms. The second kappa shape index (κ2) is 6.23. The molecule has 1 atom stereocenters. The fourth-order valence-electron chi connectivity index (χ4n) is 3.67. The van der Waals surface area contributed by atoms with Gasteiger partial charge in [-0.15, -0.1) is 0 Å². The molecule has 1 unspecified atom stereocenters. The Kier molecular flexibility index (Phi) is 4.52. The van der Waals surface area contributed by atoms with Crippen molar-refractivity contribution in [3.8, 4) is 0 Å². The molecule has 3 aliphatic rings. The van der Waals surface area contributed by atoms with E-state index in [1.165, 1.54) is 12.8 Å². The molecule has 1 heterocycles. The van der Waals surface area contributed by atoms with E-state index in [2.05, 4.69) is 17.3 Å². The van der Waals surface area contributed by atoms with Crippen molar-refractivity contribution in [2.75, 3.05) is 33.4 Å². The third kappa shape index (κ3) is 3.76. The van der Waals surface area contributed by atoms with Gasteiger partial charge in [-0.05, 0) is 57.4 Å². The Balaban J connectivity index is 1.60. The lowest BCUT2D eigenvalue weighted by molar-refractivity contribution is -0.126. The summed E-state index contributed by atoms with van der Waals surface area (Å²) in [5.41, 5.74) is 5.32.